The quantitative estimate of drug-likeness (QED) is 0.834. The molecule has 0 fully saturated rings. The van der Waals surface area contributed by atoms with E-state index in [4.69, 9.17) is 16.7 Å². The number of carboxylic acids is 1. The number of hydrogen-bond donors (Lipinski definition) is 1. The molecule has 0 saturated carbocycles. The molecule has 0 aliphatic heterocycles. The number of aromatic nitrogens is 2. The Morgan fingerprint density at radius 2 is 2.24 bits per heavy atom. The third kappa shape index (κ3) is 2.17. The molecule has 1 heterocycles. The van der Waals surface area contributed by atoms with Crippen LogP contribution >= 0.6 is 11.6 Å². The van der Waals surface area contributed by atoms with Gasteiger partial charge in [0.25, 0.3) is 0 Å². The second-order valence-corrected chi connectivity index (χ2v) is 4.22. The second-order valence-electron chi connectivity index (χ2n) is 3.82. The summed E-state index contributed by atoms with van der Waals surface area (Å²) in [4.78, 5) is 14.8. The van der Waals surface area contributed by atoms with E-state index in [1.807, 2.05) is 19.1 Å². The number of halogens is 1. The van der Waals surface area contributed by atoms with Gasteiger partial charge in [-0.2, -0.15) is 0 Å². The van der Waals surface area contributed by atoms with Crippen LogP contribution in [0.1, 0.15) is 11.4 Å². The van der Waals surface area contributed by atoms with Crippen molar-refractivity contribution < 1.29 is 9.90 Å². The number of nitrogens with zero attached hydrogens (tertiary/aromatic N) is 2. The van der Waals surface area contributed by atoms with Crippen LogP contribution in [0.3, 0.4) is 0 Å². The van der Waals surface area contributed by atoms with Gasteiger partial charge in [0.2, 0.25) is 0 Å². The number of hydrogen-bond acceptors (Lipinski definition) is 2. The van der Waals surface area contributed by atoms with E-state index in [0.717, 1.165) is 22.7 Å². The molecule has 0 aliphatic carbocycles. The van der Waals surface area contributed by atoms with E-state index < -0.39 is 5.97 Å². The van der Waals surface area contributed by atoms with Crippen molar-refractivity contribution in [1.82, 2.24) is 9.55 Å². The maximum absolute atomic E-state index is 10.5. The Kier molecular flexibility index (Phi) is 2.90. The molecule has 1 aromatic carbocycles. The average Bonchev–Trinajstić information content (AvgIpc) is 2.52. The van der Waals surface area contributed by atoms with Gasteiger partial charge in [0.05, 0.1) is 16.1 Å². The first-order valence-electron chi connectivity index (χ1n) is 5.02. The molecule has 0 spiro atoms. The van der Waals surface area contributed by atoms with Crippen molar-refractivity contribution in [2.45, 2.75) is 6.92 Å². The van der Waals surface area contributed by atoms with E-state index >= 15 is 0 Å². The van der Waals surface area contributed by atoms with Gasteiger partial charge in [0, 0.05) is 13.1 Å². The lowest BCUT2D eigenvalue weighted by Gasteiger charge is -2.00. The van der Waals surface area contributed by atoms with Crippen molar-refractivity contribution in [3.8, 4) is 0 Å². The Balaban J connectivity index is 2.64. The van der Waals surface area contributed by atoms with Gasteiger partial charge >= 0.3 is 5.97 Å². The van der Waals surface area contributed by atoms with E-state index in [0.29, 0.717) is 10.8 Å². The van der Waals surface area contributed by atoms with Gasteiger partial charge in [-0.1, -0.05) is 11.6 Å². The van der Waals surface area contributed by atoms with Gasteiger partial charge in [-0.05, 0) is 30.7 Å². The fourth-order valence-electron chi connectivity index (χ4n) is 1.74. The Morgan fingerprint density at radius 1 is 1.53 bits per heavy atom. The van der Waals surface area contributed by atoms with Gasteiger partial charge in [0.15, 0.2) is 0 Å². The Morgan fingerprint density at radius 3 is 2.88 bits per heavy atom. The topological polar surface area (TPSA) is 55.1 Å². The number of aryl methyl sites for hydroxylation is 2. The van der Waals surface area contributed by atoms with Gasteiger partial charge in [-0.25, -0.2) is 9.78 Å². The van der Waals surface area contributed by atoms with Crippen LogP contribution in [0.25, 0.3) is 17.1 Å². The van der Waals surface area contributed by atoms with Crippen LogP contribution in [-0.2, 0) is 11.8 Å². The molecule has 5 heteroatoms. The fraction of sp³-hybridized carbons (Fsp3) is 0.167. The summed E-state index contributed by atoms with van der Waals surface area (Å²) in [6.07, 6.45) is 2.51. The van der Waals surface area contributed by atoms with Crippen LogP contribution in [0.15, 0.2) is 18.2 Å². The van der Waals surface area contributed by atoms with Gasteiger partial charge in [-0.15, -0.1) is 0 Å². The molecule has 0 atom stereocenters. The number of carboxylic acid groups (broad SMARTS) is 1. The van der Waals surface area contributed by atoms with E-state index in [1.54, 1.807) is 11.6 Å². The number of imidazole rings is 1. The molecule has 88 valence electrons. The zero-order chi connectivity index (χ0) is 12.6. The van der Waals surface area contributed by atoms with E-state index in [1.165, 1.54) is 6.08 Å². The highest BCUT2D eigenvalue weighted by Crippen LogP contribution is 2.25. The minimum Gasteiger partial charge on any atom is -0.478 e. The number of rotatable bonds is 2. The molecular weight excluding hydrogens is 240 g/mol. The standard InChI is InChI=1S/C12H11ClN2O2/c1-7-5-8(13)12-9(6-7)14-10(15(12)2)3-4-11(16)17/h3-6H,1-2H3,(H,16,17)/b4-3+. The summed E-state index contributed by atoms with van der Waals surface area (Å²) >= 11 is 6.14. The summed E-state index contributed by atoms with van der Waals surface area (Å²) in [6.45, 7) is 1.94. The Bertz CT molecular complexity index is 629. The van der Waals surface area contributed by atoms with Crippen LogP contribution in [0.4, 0.5) is 0 Å². The highest BCUT2D eigenvalue weighted by Gasteiger charge is 2.09. The Hall–Kier alpha value is -1.81. The highest BCUT2D eigenvalue weighted by atomic mass is 35.5. The molecule has 0 radical (unpaired) electrons. The summed E-state index contributed by atoms with van der Waals surface area (Å²) in [5.74, 6) is -0.436. The van der Waals surface area contributed by atoms with Crippen LogP contribution in [0, 0.1) is 6.92 Å². The van der Waals surface area contributed by atoms with E-state index in [9.17, 15) is 4.79 Å². The maximum Gasteiger partial charge on any atom is 0.328 e. The summed E-state index contributed by atoms with van der Waals surface area (Å²) in [5, 5.41) is 9.21. The lowest BCUT2D eigenvalue weighted by molar-refractivity contribution is -0.131. The van der Waals surface area contributed by atoms with E-state index in [-0.39, 0.29) is 0 Å². The molecule has 0 aliphatic rings. The smallest absolute Gasteiger partial charge is 0.328 e. The normalized spacial score (nSPS) is 11.5. The van der Waals surface area contributed by atoms with E-state index in [2.05, 4.69) is 4.98 Å². The largest absolute Gasteiger partial charge is 0.478 e. The predicted octanol–water partition coefficient (Wildman–Crippen LogP) is 2.63. The maximum atomic E-state index is 10.5. The van der Waals surface area contributed by atoms with Gasteiger partial charge in [-0.3, -0.25) is 0 Å². The van der Waals surface area contributed by atoms with Crippen molar-refractivity contribution in [2.24, 2.45) is 7.05 Å². The molecule has 0 bridgehead atoms. The van der Waals surface area contributed by atoms with Crippen molar-refractivity contribution in [3.63, 3.8) is 0 Å². The predicted molar refractivity (Wildman–Crippen MR) is 67.1 cm³/mol. The summed E-state index contributed by atoms with van der Waals surface area (Å²) in [5.41, 5.74) is 2.60. The monoisotopic (exact) mass is 250 g/mol. The SMILES string of the molecule is Cc1cc(Cl)c2c(c1)nc(/C=C/C(=O)O)n2C. The van der Waals surface area contributed by atoms with Crippen LogP contribution < -0.4 is 0 Å². The summed E-state index contributed by atoms with van der Waals surface area (Å²) < 4.78 is 1.77. The first-order valence-corrected chi connectivity index (χ1v) is 5.40. The summed E-state index contributed by atoms with van der Waals surface area (Å²) in [6, 6.07) is 3.77. The average molecular weight is 251 g/mol. The molecule has 2 rings (SSSR count). The Labute approximate surface area is 103 Å². The lowest BCUT2D eigenvalue weighted by Crippen LogP contribution is -1.93. The van der Waals surface area contributed by atoms with Crippen molar-refractivity contribution in [2.75, 3.05) is 0 Å². The van der Waals surface area contributed by atoms with Crippen LogP contribution in [0.2, 0.25) is 5.02 Å². The van der Waals surface area contributed by atoms with Gasteiger partial charge in [0.1, 0.15) is 5.82 Å². The first-order chi connectivity index (χ1) is 7.99. The molecule has 4 nitrogen and oxygen atoms in total. The summed E-state index contributed by atoms with van der Waals surface area (Å²) in [7, 11) is 1.80. The molecule has 1 aromatic heterocycles. The first kappa shape index (κ1) is 11.7. The number of aliphatic carboxylic acids is 1. The number of carbonyl (C=O) groups is 1. The molecule has 2 aromatic rings. The number of benzene rings is 1. The second kappa shape index (κ2) is 4.22. The zero-order valence-electron chi connectivity index (χ0n) is 9.44. The lowest BCUT2D eigenvalue weighted by atomic mass is 10.2. The van der Waals surface area contributed by atoms with Crippen LogP contribution in [0.5, 0.6) is 0 Å². The minimum atomic E-state index is -1.00. The molecule has 17 heavy (non-hydrogen) atoms. The zero-order valence-corrected chi connectivity index (χ0v) is 10.2. The molecule has 0 amide bonds. The van der Waals surface area contributed by atoms with Crippen molar-refractivity contribution in [1.29, 1.82) is 0 Å². The molecule has 0 saturated heterocycles. The third-order valence-electron chi connectivity index (χ3n) is 2.48. The van der Waals surface area contributed by atoms with Crippen molar-refractivity contribution >= 4 is 34.7 Å². The number of fused-ring (bicyclic) bond motifs is 1. The fourth-order valence-corrected chi connectivity index (χ4v) is 2.14. The third-order valence-corrected chi connectivity index (χ3v) is 2.76. The molecular formula is C12H11ClN2O2. The van der Waals surface area contributed by atoms with Gasteiger partial charge < -0.3 is 9.67 Å². The highest BCUT2D eigenvalue weighted by molar-refractivity contribution is 6.35. The van der Waals surface area contributed by atoms with Crippen LogP contribution in [-0.4, -0.2) is 20.6 Å². The van der Waals surface area contributed by atoms with Crippen molar-refractivity contribution in [3.05, 3.63) is 34.6 Å². The molecule has 1 N–H and O–H groups in total. The minimum absolute atomic E-state index is 0.565. The molecule has 0 unspecified atom stereocenters.